The molecule has 252 valence electrons. The summed E-state index contributed by atoms with van der Waals surface area (Å²) in [4.78, 5) is 59.7. The van der Waals surface area contributed by atoms with Gasteiger partial charge in [-0.05, 0) is 86.4 Å². The van der Waals surface area contributed by atoms with Gasteiger partial charge in [0.2, 0.25) is 23.6 Å². The molecular weight excluding hydrogens is 664 g/mol. The summed E-state index contributed by atoms with van der Waals surface area (Å²) in [6, 6.07) is 12.6. The zero-order valence-corrected chi connectivity index (χ0v) is 29.3. The molecule has 0 unspecified atom stereocenters. The number of aromatic nitrogens is 2. The van der Waals surface area contributed by atoms with Crippen LogP contribution in [0, 0.1) is 36.0 Å². The molecule has 4 aromatic rings. The average Bonchev–Trinajstić information content (AvgIpc) is 3.73. The number of nitrogens with zero attached hydrogens (tertiary/aromatic N) is 4. The van der Waals surface area contributed by atoms with Crippen LogP contribution in [0.25, 0.3) is 20.7 Å². The summed E-state index contributed by atoms with van der Waals surface area (Å²) in [5, 5.41) is 17.0. The van der Waals surface area contributed by atoms with Crippen molar-refractivity contribution in [1.82, 2.24) is 14.7 Å². The highest BCUT2D eigenvalue weighted by Crippen LogP contribution is 2.64. The number of halogens is 1. The number of fused-ring (bicyclic) bond motifs is 5. The van der Waals surface area contributed by atoms with Crippen LogP contribution in [0.2, 0.25) is 5.02 Å². The largest absolute Gasteiger partial charge is 0.504 e. The van der Waals surface area contributed by atoms with E-state index >= 15 is 0 Å². The Bertz CT molecular complexity index is 2170. The summed E-state index contributed by atoms with van der Waals surface area (Å²) in [5.74, 6) is -3.52. The van der Waals surface area contributed by atoms with Gasteiger partial charge in [-0.15, -0.1) is 11.3 Å². The van der Waals surface area contributed by atoms with E-state index in [9.17, 15) is 24.3 Å². The second kappa shape index (κ2) is 11.0. The van der Waals surface area contributed by atoms with Crippen molar-refractivity contribution in [2.45, 2.75) is 39.5 Å². The molecule has 1 N–H and O–H groups in total. The first-order valence-corrected chi connectivity index (χ1v) is 17.6. The average molecular weight is 699 g/mol. The van der Waals surface area contributed by atoms with Gasteiger partial charge in [0, 0.05) is 35.8 Å². The van der Waals surface area contributed by atoms with E-state index in [1.807, 2.05) is 45.0 Å². The minimum Gasteiger partial charge on any atom is -0.504 e. The summed E-state index contributed by atoms with van der Waals surface area (Å²) in [6.45, 7) is 5.98. The number of carbonyl (C=O) groups is 4. The molecule has 4 heterocycles. The van der Waals surface area contributed by atoms with Gasteiger partial charge in [0.1, 0.15) is 11.5 Å². The fourth-order valence-electron chi connectivity index (χ4n) is 8.97. The van der Waals surface area contributed by atoms with E-state index < -0.39 is 35.0 Å². The molecular formula is C37H35ClN4O6S. The van der Waals surface area contributed by atoms with Crippen molar-refractivity contribution in [3.8, 4) is 22.1 Å². The Labute approximate surface area is 291 Å². The van der Waals surface area contributed by atoms with Gasteiger partial charge in [-0.2, -0.15) is 5.10 Å². The molecule has 3 fully saturated rings. The van der Waals surface area contributed by atoms with Gasteiger partial charge in [-0.25, -0.2) is 4.90 Å². The van der Waals surface area contributed by atoms with Crippen molar-refractivity contribution in [2.75, 3.05) is 18.6 Å². The number of imide groups is 2. The zero-order valence-electron chi connectivity index (χ0n) is 27.7. The van der Waals surface area contributed by atoms with E-state index in [1.54, 1.807) is 47.3 Å². The molecule has 49 heavy (non-hydrogen) atoms. The van der Waals surface area contributed by atoms with E-state index in [0.717, 1.165) is 26.1 Å². The lowest BCUT2D eigenvalue weighted by molar-refractivity contribution is -0.138. The lowest BCUT2D eigenvalue weighted by atomic mass is 9.51. The Morgan fingerprint density at radius 1 is 1.04 bits per heavy atom. The van der Waals surface area contributed by atoms with Crippen molar-refractivity contribution in [3.63, 3.8) is 0 Å². The van der Waals surface area contributed by atoms with E-state index in [1.165, 1.54) is 16.8 Å². The summed E-state index contributed by atoms with van der Waals surface area (Å²) < 4.78 is 8.37. The van der Waals surface area contributed by atoms with E-state index in [2.05, 4.69) is 0 Å². The molecule has 2 saturated heterocycles. The van der Waals surface area contributed by atoms with Gasteiger partial charge in [0.05, 0.1) is 34.7 Å². The van der Waals surface area contributed by atoms with Crippen molar-refractivity contribution < 1.29 is 29.0 Å². The van der Waals surface area contributed by atoms with Crippen LogP contribution in [-0.4, -0.2) is 57.1 Å². The first kappa shape index (κ1) is 31.8. The summed E-state index contributed by atoms with van der Waals surface area (Å²) in [5.41, 5.74) is 1.98. The number of phenols is 1. The predicted molar refractivity (Wildman–Crippen MR) is 185 cm³/mol. The van der Waals surface area contributed by atoms with Crippen molar-refractivity contribution >= 4 is 62.5 Å². The number of aryl methyl sites for hydroxylation is 2. The number of amides is 4. The molecule has 2 aliphatic carbocycles. The van der Waals surface area contributed by atoms with Gasteiger partial charge in [-0.3, -0.25) is 28.8 Å². The number of carbonyl (C=O) groups excluding carboxylic acids is 4. The quantitative estimate of drug-likeness (QED) is 0.194. The van der Waals surface area contributed by atoms with Gasteiger partial charge in [0.15, 0.2) is 11.5 Å². The van der Waals surface area contributed by atoms with Gasteiger partial charge < -0.3 is 9.84 Å². The third kappa shape index (κ3) is 4.34. The van der Waals surface area contributed by atoms with Crippen LogP contribution in [0.5, 0.6) is 11.5 Å². The van der Waals surface area contributed by atoms with Crippen LogP contribution in [0.1, 0.15) is 43.7 Å². The van der Waals surface area contributed by atoms with Gasteiger partial charge in [-0.1, -0.05) is 29.3 Å². The molecule has 0 bridgehead atoms. The molecule has 0 spiro atoms. The maximum absolute atomic E-state index is 15.0. The van der Waals surface area contributed by atoms with Crippen LogP contribution in [0.3, 0.4) is 0 Å². The number of thiophene rings is 1. The Balaban J connectivity index is 1.26. The number of ether oxygens (including phenoxy) is 1. The van der Waals surface area contributed by atoms with E-state index in [4.69, 9.17) is 21.4 Å². The third-order valence-electron chi connectivity index (χ3n) is 11.3. The van der Waals surface area contributed by atoms with Crippen LogP contribution in [0.15, 0.2) is 54.1 Å². The molecule has 1 saturated carbocycles. The minimum atomic E-state index is -1.24. The Morgan fingerprint density at radius 3 is 2.57 bits per heavy atom. The molecule has 0 radical (unpaired) electrons. The Hall–Kier alpha value is -4.48. The highest BCUT2D eigenvalue weighted by atomic mass is 35.5. The number of phenolic OH excluding ortho intramolecular Hbond substituents is 1. The monoisotopic (exact) mass is 698 g/mol. The molecule has 2 aliphatic heterocycles. The highest BCUT2D eigenvalue weighted by molar-refractivity contribution is 7.22. The third-order valence-corrected chi connectivity index (χ3v) is 12.9. The number of anilines is 1. The smallest absolute Gasteiger partial charge is 0.242 e. The predicted octanol–water partition coefficient (Wildman–Crippen LogP) is 6.23. The number of allylic oxidation sites excluding steroid dienone is 2. The Kier molecular flexibility index (Phi) is 7.14. The lowest BCUT2D eigenvalue weighted by Gasteiger charge is -2.49. The summed E-state index contributed by atoms with van der Waals surface area (Å²) in [7, 11) is 3.24. The van der Waals surface area contributed by atoms with Crippen LogP contribution in [-0.2, 0) is 26.2 Å². The van der Waals surface area contributed by atoms with Crippen LogP contribution < -0.4 is 9.64 Å². The summed E-state index contributed by atoms with van der Waals surface area (Å²) >= 11 is 7.87. The zero-order chi connectivity index (χ0) is 34.7. The SMILES string of the molecule is CCOc1cc([C@H]2C3=CC[C@@H]4C(=O)N(C)C(=O)[C@@H]4[C@@H]3C[C@H]3C(=O)N(c4cc(-c5sc6ccc(Cl)cc6c5C)nn4C)C(=O)[C@@]23C)ccc1O. The molecule has 12 heteroatoms. The maximum Gasteiger partial charge on any atom is 0.242 e. The fraction of sp³-hybridized carbons (Fsp3) is 0.378. The number of benzene rings is 2. The fourth-order valence-corrected chi connectivity index (χ4v) is 10.3. The molecule has 10 nitrogen and oxygen atoms in total. The normalized spacial score (nSPS) is 27.9. The molecule has 8 rings (SSSR count). The van der Waals surface area contributed by atoms with E-state index in [0.29, 0.717) is 35.1 Å². The first-order valence-electron chi connectivity index (χ1n) is 16.4. The lowest BCUT2D eigenvalue weighted by Crippen LogP contribution is -2.48. The topological polar surface area (TPSA) is 122 Å². The standard InChI is InChI=1S/C37H35ClN4O6S/c1-6-48-27-13-18(7-11-26(27)43)31-20-9-10-21-30(35(46)40(4)33(21)44)23(20)15-24-34(45)42(36(47)37(24,31)3)29-16-25(39-41(29)5)32-17(2)22-14-19(38)8-12-28(22)49-32/h7-9,11-14,16,21,23-24,30-31,43H,6,10,15H2,1-5H3/t21-,23+,24-,30-,31-,37+/m0/s1. The highest BCUT2D eigenvalue weighted by Gasteiger charge is 2.67. The number of likely N-dealkylation sites (tertiary alicyclic amines) is 1. The van der Waals surface area contributed by atoms with E-state index in [-0.39, 0.29) is 41.5 Å². The maximum atomic E-state index is 15.0. The van der Waals surface area contributed by atoms with Crippen LogP contribution >= 0.6 is 22.9 Å². The van der Waals surface area contributed by atoms with Gasteiger partial charge >= 0.3 is 0 Å². The molecule has 2 aromatic carbocycles. The molecule has 4 amide bonds. The number of rotatable bonds is 5. The van der Waals surface area contributed by atoms with Gasteiger partial charge in [0.25, 0.3) is 0 Å². The van der Waals surface area contributed by atoms with Crippen LogP contribution in [0.4, 0.5) is 5.82 Å². The number of hydrogen-bond acceptors (Lipinski definition) is 8. The number of hydrogen-bond donors (Lipinski definition) is 1. The van der Waals surface area contributed by atoms with Crippen molar-refractivity contribution in [2.24, 2.45) is 36.1 Å². The Morgan fingerprint density at radius 2 is 1.82 bits per heavy atom. The molecule has 4 aliphatic rings. The molecule has 2 aromatic heterocycles. The molecule has 6 atom stereocenters. The second-order valence-corrected chi connectivity index (χ2v) is 15.3. The summed E-state index contributed by atoms with van der Waals surface area (Å²) in [6.07, 6.45) is 2.63. The first-order chi connectivity index (χ1) is 23.4. The minimum absolute atomic E-state index is 0.0350. The van der Waals surface area contributed by atoms with Crippen molar-refractivity contribution in [1.29, 1.82) is 0 Å². The van der Waals surface area contributed by atoms with Crippen molar-refractivity contribution in [3.05, 3.63) is 70.3 Å². The second-order valence-electron chi connectivity index (χ2n) is 13.8. The number of aromatic hydroxyl groups is 1.